The normalized spacial score (nSPS) is 40.5. The van der Waals surface area contributed by atoms with Crippen LogP contribution in [0, 0.1) is 0 Å². The molecule has 4 atom stereocenters. The van der Waals surface area contributed by atoms with Crippen molar-refractivity contribution in [1.29, 1.82) is 0 Å². The number of hydrogen-bond acceptors (Lipinski definition) is 4. The number of piperidine rings is 1. The summed E-state index contributed by atoms with van der Waals surface area (Å²) in [6, 6.07) is 0.901. The van der Waals surface area contributed by atoms with Crippen molar-refractivity contribution in [3.8, 4) is 0 Å². The number of fused-ring (bicyclic) bond motifs is 1. The maximum atomic E-state index is 13.8. The molecule has 3 rings (SSSR count). The summed E-state index contributed by atoms with van der Waals surface area (Å²) >= 11 is 5.78. The van der Waals surface area contributed by atoms with Crippen LogP contribution in [0.25, 0.3) is 0 Å². The molecule has 2 fully saturated rings. The van der Waals surface area contributed by atoms with Gasteiger partial charge in [-0.15, -0.1) is 0 Å². The summed E-state index contributed by atoms with van der Waals surface area (Å²) in [6.07, 6.45) is 4.05. The lowest BCUT2D eigenvalue weighted by atomic mass is 9.83. The Balaban J connectivity index is 1.68. The van der Waals surface area contributed by atoms with E-state index >= 15 is 0 Å². The van der Waals surface area contributed by atoms with Gasteiger partial charge in [0, 0.05) is 23.8 Å². The Morgan fingerprint density at radius 2 is 2.30 bits per heavy atom. The fraction of sp³-hybridized carbons (Fsp3) is 0.857. The molecule has 3 aliphatic heterocycles. The number of hydrogen-bond donors (Lipinski definition) is 1. The van der Waals surface area contributed by atoms with Gasteiger partial charge in [0.15, 0.2) is 6.17 Å². The van der Waals surface area contributed by atoms with Gasteiger partial charge >= 0.3 is 0 Å². The molecule has 0 spiro atoms. The van der Waals surface area contributed by atoms with E-state index in [1.54, 1.807) is 0 Å². The summed E-state index contributed by atoms with van der Waals surface area (Å²) in [5.74, 6) is 0. The topological polar surface area (TPSA) is 40.0 Å². The van der Waals surface area contributed by atoms with Gasteiger partial charge in [0.25, 0.3) is 0 Å². The molecule has 4 nitrogen and oxygen atoms in total. The van der Waals surface area contributed by atoms with Gasteiger partial charge in [0.1, 0.15) is 6.17 Å². The number of alkyl halides is 1. The molecule has 0 saturated carbocycles. The number of amidine groups is 1. The fourth-order valence-electron chi connectivity index (χ4n) is 3.94. The van der Waals surface area contributed by atoms with Crippen LogP contribution in [-0.4, -0.2) is 52.9 Å². The highest BCUT2D eigenvalue weighted by Crippen LogP contribution is 2.37. The first-order chi connectivity index (χ1) is 9.45. The molecule has 3 heterocycles. The molecular weight excluding hydrogens is 279 g/mol. The van der Waals surface area contributed by atoms with Gasteiger partial charge in [0.2, 0.25) is 5.29 Å². The van der Waals surface area contributed by atoms with E-state index in [1.165, 1.54) is 25.6 Å². The number of rotatable bonds is 2. The second kappa shape index (κ2) is 5.35. The molecular formula is C14H22ClFN4. The maximum absolute atomic E-state index is 13.8. The monoisotopic (exact) mass is 300 g/mol. The second-order valence-electron chi connectivity index (χ2n) is 6.67. The van der Waals surface area contributed by atoms with E-state index in [0.717, 1.165) is 12.8 Å². The Bertz CT molecular complexity index is 437. The third kappa shape index (κ3) is 2.76. The Morgan fingerprint density at radius 3 is 3.10 bits per heavy atom. The Labute approximate surface area is 124 Å². The highest BCUT2D eigenvalue weighted by Gasteiger charge is 2.43. The lowest BCUT2D eigenvalue weighted by Crippen LogP contribution is -2.59. The zero-order chi connectivity index (χ0) is 14.3. The van der Waals surface area contributed by atoms with Crippen LogP contribution < -0.4 is 5.32 Å². The van der Waals surface area contributed by atoms with Gasteiger partial charge in [-0.25, -0.2) is 14.4 Å². The predicted molar refractivity (Wildman–Crippen MR) is 80.4 cm³/mol. The van der Waals surface area contributed by atoms with Gasteiger partial charge in [-0.1, -0.05) is 0 Å². The van der Waals surface area contributed by atoms with Crippen LogP contribution in [0.4, 0.5) is 4.39 Å². The van der Waals surface area contributed by atoms with Gasteiger partial charge < -0.3 is 0 Å². The number of nitrogens with zero attached hydrogens (tertiary/aromatic N) is 3. The van der Waals surface area contributed by atoms with E-state index in [4.69, 9.17) is 11.6 Å². The van der Waals surface area contributed by atoms with Crippen LogP contribution in [-0.2, 0) is 0 Å². The molecule has 0 bridgehead atoms. The Morgan fingerprint density at radius 1 is 1.50 bits per heavy atom. The molecule has 0 aromatic rings. The van der Waals surface area contributed by atoms with E-state index in [0.29, 0.717) is 6.04 Å². The van der Waals surface area contributed by atoms with Crippen molar-refractivity contribution < 1.29 is 4.39 Å². The molecule has 0 aliphatic carbocycles. The number of halogens is 2. The average molecular weight is 301 g/mol. The van der Waals surface area contributed by atoms with Crippen LogP contribution in [0.15, 0.2) is 9.98 Å². The number of aliphatic imine (C=N–C) groups is 2. The van der Waals surface area contributed by atoms with Gasteiger partial charge in [-0.3, -0.25) is 10.2 Å². The third-order valence-electron chi connectivity index (χ3n) is 4.73. The zero-order valence-corrected chi connectivity index (χ0v) is 12.8. The predicted octanol–water partition coefficient (Wildman–Crippen LogP) is 2.32. The molecule has 112 valence electrons. The van der Waals surface area contributed by atoms with E-state index in [1.807, 2.05) is 0 Å². The lowest BCUT2D eigenvalue weighted by molar-refractivity contribution is 0.0336. The minimum absolute atomic E-state index is 0.133. The van der Waals surface area contributed by atoms with Crippen LogP contribution in [0.2, 0.25) is 0 Å². The van der Waals surface area contributed by atoms with Crippen molar-refractivity contribution in [2.45, 2.75) is 69.5 Å². The molecule has 1 N–H and O–H groups in total. The summed E-state index contributed by atoms with van der Waals surface area (Å²) in [5, 5.41) is 3.47. The molecule has 0 aromatic heterocycles. The molecule has 0 aromatic carbocycles. The molecule has 3 aliphatic rings. The standard InChI is InChI=1S/C14H22ClFN4/c1-14(2)7-9(6-10-4-3-5-20(10)14)18-12-11(16)8-17-13(15)19-12/h8-12,18H,3-7H2,1-2H3/t9?,10?,11-,12?/m0/s1. The largest absolute Gasteiger partial charge is 0.295 e. The summed E-state index contributed by atoms with van der Waals surface area (Å²) in [4.78, 5) is 10.4. The Kier molecular flexibility index (Phi) is 3.86. The Hall–Kier alpha value is -0.520. The molecule has 20 heavy (non-hydrogen) atoms. The average Bonchev–Trinajstić information content (AvgIpc) is 2.82. The summed E-state index contributed by atoms with van der Waals surface area (Å²) < 4.78 is 13.8. The molecule has 3 unspecified atom stereocenters. The van der Waals surface area contributed by atoms with E-state index in [9.17, 15) is 4.39 Å². The van der Waals surface area contributed by atoms with Crippen molar-refractivity contribution in [3.63, 3.8) is 0 Å². The first-order valence-corrected chi connectivity index (χ1v) is 7.78. The highest BCUT2D eigenvalue weighted by molar-refractivity contribution is 6.65. The smallest absolute Gasteiger partial charge is 0.219 e. The van der Waals surface area contributed by atoms with Crippen LogP contribution in [0.1, 0.15) is 39.5 Å². The van der Waals surface area contributed by atoms with E-state index in [-0.39, 0.29) is 16.9 Å². The van der Waals surface area contributed by atoms with Gasteiger partial charge in [-0.2, -0.15) is 0 Å². The fourth-order valence-corrected chi connectivity index (χ4v) is 4.10. The number of nitrogens with one attached hydrogen (secondary N) is 1. The van der Waals surface area contributed by atoms with Crippen molar-refractivity contribution >= 4 is 23.1 Å². The van der Waals surface area contributed by atoms with Crippen molar-refractivity contribution in [1.82, 2.24) is 10.2 Å². The zero-order valence-electron chi connectivity index (χ0n) is 12.0. The highest BCUT2D eigenvalue weighted by atomic mass is 35.5. The molecule has 6 heteroatoms. The minimum atomic E-state index is -1.19. The molecule has 0 radical (unpaired) electrons. The SMILES string of the molecule is CC1(C)CC(NC2N=C(Cl)N=C[C@@H]2F)CC2CCCN21. The molecule has 0 amide bonds. The quantitative estimate of drug-likeness (QED) is 0.795. The van der Waals surface area contributed by atoms with Crippen LogP contribution in [0.5, 0.6) is 0 Å². The van der Waals surface area contributed by atoms with Crippen LogP contribution >= 0.6 is 11.6 Å². The lowest BCUT2D eigenvalue weighted by Gasteiger charge is -2.48. The third-order valence-corrected chi connectivity index (χ3v) is 4.93. The van der Waals surface area contributed by atoms with Crippen LogP contribution in [0.3, 0.4) is 0 Å². The minimum Gasteiger partial charge on any atom is -0.295 e. The second-order valence-corrected chi connectivity index (χ2v) is 7.01. The van der Waals surface area contributed by atoms with Crippen molar-refractivity contribution in [3.05, 3.63) is 0 Å². The first kappa shape index (κ1) is 14.4. The van der Waals surface area contributed by atoms with Crippen molar-refractivity contribution in [2.24, 2.45) is 9.98 Å². The molecule has 2 saturated heterocycles. The van der Waals surface area contributed by atoms with E-state index in [2.05, 4.69) is 34.0 Å². The first-order valence-electron chi connectivity index (χ1n) is 7.40. The summed E-state index contributed by atoms with van der Waals surface area (Å²) in [5.41, 5.74) is 0.166. The summed E-state index contributed by atoms with van der Waals surface area (Å²) in [6.45, 7) is 5.76. The maximum Gasteiger partial charge on any atom is 0.219 e. The van der Waals surface area contributed by atoms with Gasteiger partial charge in [0.05, 0.1) is 0 Å². The van der Waals surface area contributed by atoms with Crippen molar-refractivity contribution in [2.75, 3.05) is 6.54 Å². The van der Waals surface area contributed by atoms with E-state index < -0.39 is 12.3 Å². The van der Waals surface area contributed by atoms with Gasteiger partial charge in [-0.05, 0) is 57.7 Å². The summed E-state index contributed by atoms with van der Waals surface area (Å²) in [7, 11) is 0.